The molecule has 0 aliphatic rings. The fourth-order valence-electron chi connectivity index (χ4n) is 1.37. The van der Waals surface area contributed by atoms with Crippen molar-refractivity contribution >= 4 is 49.1 Å². The van der Waals surface area contributed by atoms with E-state index in [0.29, 0.717) is 15.2 Å². The van der Waals surface area contributed by atoms with Gasteiger partial charge < -0.3 is 5.73 Å². The summed E-state index contributed by atoms with van der Waals surface area (Å²) in [6.07, 6.45) is 1.33. The molecule has 2 aromatic rings. The monoisotopic (exact) mass is 361 g/mol. The van der Waals surface area contributed by atoms with E-state index in [9.17, 15) is 8.42 Å². The number of halogens is 2. The van der Waals surface area contributed by atoms with Gasteiger partial charge in [-0.2, -0.15) is 0 Å². The van der Waals surface area contributed by atoms with Crippen LogP contribution in [0, 0.1) is 0 Å². The Labute approximate surface area is 124 Å². The minimum absolute atomic E-state index is 0.0434. The molecule has 3 N–H and O–H groups in total. The quantitative estimate of drug-likeness (QED) is 0.879. The number of nitrogen functional groups attached to an aromatic ring is 1. The van der Waals surface area contributed by atoms with Gasteiger partial charge in [0.2, 0.25) is 0 Å². The van der Waals surface area contributed by atoms with Gasteiger partial charge in [-0.3, -0.25) is 4.72 Å². The summed E-state index contributed by atoms with van der Waals surface area (Å²) < 4.78 is 27.3. The minimum atomic E-state index is -3.71. The highest BCUT2D eigenvalue weighted by molar-refractivity contribution is 9.10. The van der Waals surface area contributed by atoms with Crippen LogP contribution in [0.5, 0.6) is 0 Å². The number of aromatic nitrogens is 1. The Hall–Kier alpha value is -1.31. The van der Waals surface area contributed by atoms with Gasteiger partial charge in [-0.05, 0) is 40.2 Å². The first kappa shape index (κ1) is 14.1. The first-order valence-electron chi connectivity index (χ1n) is 5.08. The molecular formula is C11H9BrClN3O2S. The molecule has 0 spiro atoms. The van der Waals surface area contributed by atoms with Crippen molar-refractivity contribution < 1.29 is 8.42 Å². The second kappa shape index (κ2) is 5.36. The van der Waals surface area contributed by atoms with Crippen molar-refractivity contribution in [2.75, 3.05) is 10.5 Å². The SMILES string of the molecule is Nc1cc(S(=O)(=O)Nc2ccc(Cl)cc2Br)ccn1. The number of sulfonamides is 1. The molecule has 0 aliphatic carbocycles. The number of nitrogens with one attached hydrogen (secondary N) is 1. The lowest BCUT2D eigenvalue weighted by molar-refractivity contribution is 0.601. The minimum Gasteiger partial charge on any atom is -0.384 e. The summed E-state index contributed by atoms with van der Waals surface area (Å²) in [5.74, 6) is 0.137. The highest BCUT2D eigenvalue weighted by Gasteiger charge is 2.16. The zero-order valence-electron chi connectivity index (χ0n) is 9.47. The van der Waals surface area contributed by atoms with Crippen LogP contribution in [-0.2, 0) is 10.0 Å². The van der Waals surface area contributed by atoms with Crippen LogP contribution in [0.4, 0.5) is 11.5 Å². The molecule has 0 saturated carbocycles. The Morgan fingerprint density at radius 1 is 1.26 bits per heavy atom. The average Bonchev–Trinajstić information content (AvgIpc) is 2.33. The van der Waals surface area contributed by atoms with Crippen molar-refractivity contribution in [2.45, 2.75) is 4.90 Å². The van der Waals surface area contributed by atoms with E-state index >= 15 is 0 Å². The molecule has 0 unspecified atom stereocenters. The second-order valence-corrected chi connectivity index (χ2v) is 6.62. The molecule has 0 fully saturated rings. The number of hydrogen-bond donors (Lipinski definition) is 2. The zero-order chi connectivity index (χ0) is 14.0. The van der Waals surface area contributed by atoms with Crippen molar-refractivity contribution in [2.24, 2.45) is 0 Å². The predicted molar refractivity (Wildman–Crippen MR) is 78.6 cm³/mol. The van der Waals surface area contributed by atoms with Crippen LogP contribution in [-0.4, -0.2) is 13.4 Å². The van der Waals surface area contributed by atoms with Crippen LogP contribution < -0.4 is 10.5 Å². The summed E-state index contributed by atoms with van der Waals surface area (Å²) >= 11 is 9.03. The van der Waals surface area contributed by atoms with Gasteiger partial charge in [-0.1, -0.05) is 11.6 Å². The lowest BCUT2D eigenvalue weighted by Crippen LogP contribution is -2.13. The molecule has 0 bridgehead atoms. The highest BCUT2D eigenvalue weighted by atomic mass is 79.9. The van der Waals surface area contributed by atoms with Gasteiger partial charge in [0.25, 0.3) is 10.0 Å². The summed E-state index contributed by atoms with van der Waals surface area (Å²) in [7, 11) is -3.71. The van der Waals surface area contributed by atoms with Gasteiger partial charge >= 0.3 is 0 Å². The summed E-state index contributed by atoms with van der Waals surface area (Å²) in [6, 6.07) is 7.40. The molecule has 0 aliphatic heterocycles. The van der Waals surface area contributed by atoms with Gasteiger partial charge in [-0.25, -0.2) is 13.4 Å². The highest BCUT2D eigenvalue weighted by Crippen LogP contribution is 2.28. The van der Waals surface area contributed by atoms with Crippen molar-refractivity contribution in [1.82, 2.24) is 4.98 Å². The maximum Gasteiger partial charge on any atom is 0.262 e. The van der Waals surface area contributed by atoms with E-state index in [2.05, 4.69) is 25.6 Å². The second-order valence-electron chi connectivity index (χ2n) is 3.65. The third kappa shape index (κ3) is 3.37. The Kier molecular flexibility index (Phi) is 3.98. The van der Waals surface area contributed by atoms with E-state index in [4.69, 9.17) is 17.3 Å². The first-order valence-corrected chi connectivity index (χ1v) is 7.73. The molecule has 0 radical (unpaired) electrons. The number of nitrogens with zero attached hydrogens (tertiary/aromatic N) is 1. The molecular weight excluding hydrogens is 354 g/mol. The molecule has 1 aromatic heterocycles. The molecule has 2 rings (SSSR count). The van der Waals surface area contributed by atoms with E-state index < -0.39 is 10.0 Å². The van der Waals surface area contributed by atoms with Crippen LogP contribution in [0.25, 0.3) is 0 Å². The predicted octanol–water partition coefficient (Wildman–Crippen LogP) is 2.88. The van der Waals surface area contributed by atoms with E-state index in [-0.39, 0.29) is 10.7 Å². The summed E-state index contributed by atoms with van der Waals surface area (Å²) in [6.45, 7) is 0. The van der Waals surface area contributed by atoms with Gasteiger partial charge in [0.15, 0.2) is 0 Å². The summed E-state index contributed by atoms with van der Waals surface area (Å²) in [5, 5.41) is 0.503. The fraction of sp³-hybridized carbons (Fsp3) is 0. The number of benzene rings is 1. The van der Waals surface area contributed by atoms with Gasteiger partial charge in [-0.15, -0.1) is 0 Å². The van der Waals surface area contributed by atoms with Crippen molar-refractivity contribution in [3.63, 3.8) is 0 Å². The first-order chi connectivity index (χ1) is 8.88. The maximum absolute atomic E-state index is 12.1. The van der Waals surface area contributed by atoms with E-state index in [1.165, 1.54) is 18.3 Å². The normalized spacial score (nSPS) is 11.3. The molecule has 1 heterocycles. The Bertz CT molecular complexity index is 722. The fourth-order valence-corrected chi connectivity index (χ4v) is 3.39. The maximum atomic E-state index is 12.1. The topological polar surface area (TPSA) is 85.1 Å². The van der Waals surface area contributed by atoms with Gasteiger partial charge in [0, 0.05) is 21.8 Å². The van der Waals surface area contributed by atoms with Crippen molar-refractivity contribution in [1.29, 1.82) is 0 Å². The van der Waals surface area contributed by atoms with E-state index in [1.807, 2.05) is 0 Å². The van der Waals surface area contributed by atoms with Crippen LogP contribution >= 0.6 is 27.5 Å². The number of pyridine rings is 1. The standard InChI is InChI=1S/C11H9BrClN3O2S/c12-9-5-7(13)1-2-10(9)16-19(17,18)8-3-4-15-11(14)6-8/h1-6,16H,(H2,14,15). The van der Waals surface area contributed by atoms with Crippen molar-refractivity contribution in [3.05, 3.63) is 46.0 Å². The number of anilines is 2. The molecule has 1 aromatic carbocycles. The Balaban J connectivity index is 2.36. The molecule has 5 nitrogen and oxygen atoms in total. The van der Waals surface area contributed by atoms with Gasteiger partial charge in [0.05, 0.1) is 10.6 Å². The van der Waals surface area contributed by atoms with E-state index in [0.717, 1.165) is 0 Å². The smallest absolute Gasteiger partial charge is 0.262 e. The molecule has 0 atom stereocenters. The van der Waals surface area contributed by atoms with E-state index in [1.54, 1.807) is 18.2 Å². The van der Waals surface area contributed by atoms with Crippen LogP contribution in [0.15, 0.2) is 45.9 Å². The van der Waals surface area contributed by atoms with Crippen LogP contribution in [0.1, 0.15) is 0 Å². The van der Waals surface area contributed by atoms with Crippen LogP contribution in [0.3, 0.4) is 0 Å². The van der Waals surface area contributed by atoms with Crippen molar-refractivity contribution in [3.8, 4) is 0 Å². The third-order valence-electron chi connectivity index (χ3n) is 2.24. The van der Waals surface area contributed by atoms with Crippen LogP contribution in [0.2, 0.25) is 5.02 Å². The van der Waals surface area contributed by atoms with Gasteiger partial charge in [0.1, 0.15) is 5.82 Å². The third-order valence-corrected chi connectivity index (χ3v) is 4.49. The molecule has 0 saturated heterocycles. The molecule has 19 heavy (non-hydrogen) atoms. The lowest BCUT2D eigenvalue weighted by atomic mass is 10.3. The zero-order valence-corrected chi connectivity index (χ0v) is 12.6. The largest absolute Gasteiger partial charge is 0.384 e. The lowest BCUT2D eigenvalue weighted by Gasteiger charge is -2.10. The number of nitrogens with two attached hydrogens (primary N) is 1. The summed E-state index contributed by atoms with van der Waals surface area (Å²) in [4.78, 5) is 3.79. The summed E-state index contributed by atoms with van der Waals surface area (Å²) in [5.41, 5.74) is 5.86. The molecule has 8 heteroatoms. The Morgan fingerprint density at radius 3 is 2.63 bits per heavy atom. The Morgan fingerprint density at radius 2 is 2.00 bits per heavy atom. The molecule has 100 valence electrons. The molecule has 0 amide bonds. The number of hydrogen-bond acceptors (Lipinski definition) is 4. The number of rotatable bonds is 3. The average molecular weight is 363 g/mol.